The van der Waals surface area contributed by atoms with Crippen molar-refractivity contribution in [2.24, 2.45) is 11.8 Å². The van der Waals surface area contributed by atoms with E-state index in [1.54, 1.807) is 28.3 Å². The molecule has 0 aromatic heterocycles. The lowest BCUT2D eigenvalue weighted by molar-refractivity contribution is -0.122. The van der Waals surface area contributed by atoms with Crippen LogP contribution in [-0.4, -0.2) is 39.6 Å². The molecule has 2 aliphatic rings. The molecule has 0 saturated carbocycles. The van der Waals surface area contributed by atoms with Crippen LogP contribution in [0.2, 0.25) is 0 Å². The first-order chi connectivity index (χ1) is 14.4. The topological polar surface area (TPSA) is 87.1 Å². The van der Waals surface area contributed by atoms with Crippen LogP contribution in [0.4, 0.5) is 0 Å². The predicted octanol–water partition coefficient (Wildman–Crippen LogP) is 3.80. The van der Waals surface area contributed by atoms with Crippen molar-refractivity contribution in [3.05, 3.63) is 41.0 Å². The third-order valence-corrected chi connectivity index (χ3v) is 6.04. The molecule has 1 N–H and O–H groups in total. The number of hydrogen-bond donors (Lipinski definition) is 1. The van der Waals surface area contributed by atoms with Crippen molar-refractivity contribution >= 4 is 11.5 Å². The number of methoxy groups -OCH3 is 3. The second-order valence-corrected chi connectivity index (χ2v) is 7.57. The highest BCUT2D eigenvalue weighted by atomic mass is 16.7. The molecule has 0 saturated heterocycles. The number of carbonyl (C=O) groups is 1. The number of fused-ring (bicyclic) bond motifs is 2. The van der Waals surface area contributed by atoms with Gasteiger partial charge in [0.25, 0.3) is 0 Å². The average molecular weight is 411 g/mol. The van der Waals surface area contributed by atoms with Gasteiger partial charge in [-0.15, -0.1) is 0 Å². The lowest BCUT2D eigenvalue weighted by Gasteiger charge is -2.38. The monoisotopic (exact) mass is 411 g/mol. The minimum atomic E-state index is -0.409. The van der Waals surface area contributed by atoms with Crippen molar-refractivity contribution in [3.63, 3.8) is 0 Å². The van der Waals surface area contributed by atoms with E-state index in [1.807, 2.05) is 31.2 Å². The van der Waals surface area contributed by atoms with Crippen LogP contribution >= 0.6 is 0 Å². The van der Waals surface area contributed by atoms with Crippen molar-refractivity contribution in [2.75, 3.05) is 28.1 Å². The predicted molar refractivity (Wildman–Crippen MR) is 111 cm³/mol. The largest absolute Gasteiger partial charge is 0.493 e. The number of ketones is 1. The summed E-state index contributed by atoms with van der Waals surface area (Å²) in [5.74, 6) is 1.82. The van der Waals surface area contributed by atoms with E-state index < -0.39 is 5.92 Å². The lowest BCUT2D eigenvalue weighted by Crippen LogP contribution is -2.37. The van der Waals surface area contributed by atoms with Crippen molar-refractivity contribution in [3.8, 4) is 28.7 Å². The second kappa shape index (κ2) is 7.55. The summed E-state index contributed by atoms with van der Waals surface area (Å²) in [6.45, 7) is 3.65. The summed E-state index contributed by atoms with van der Waals surface area (Å²) >= 11 is 0. The Morgan fingerprint density at radius 2 is 1.60 bits per heavy atom. The molecule has 0 amide bonds. The second-order valence-electron chi connectivity index (χ2n) is 7.57. The normalized spacial score (nSPS) is 21.8. The number of nitrogens with one attached hydrogen (secondary N) is 1. The maximum Gasteiger partial charge on any atom is 0.231 e. The molecule has 0 radical (unpaired) electrons. The minimum Gasteiger partial charge on any atom is -0.493 e. The molecule has 0 fully saturated rings. The van der Waals surface area contributed by atoms with Crippen LogP contribution in [0.5, 0.6) is 28.7 Å². The molecule has 0 unspecified atom stereocenters. The van der Waals surface area contributed by atoms with E-state index in [4.69, 9.17) is 29.1 Å². The molecule has 158 valence electrons. The zero-order valence-electron chi connectivity index (χ0n) is 17.7. The third kappa shape index (κ3) is 2.96. The van der Waals surface area contributed by atoms with Crippen molar-refractivity contribution in [1.82, 2.24) is 0 Å². The number of hydrogen-bond acceptors (Lipinski definition) is 7. The van der Waals surface area contributed by atoms with Gasteiger partial charge >= 0.3 is 0 Å². The average Bonchev–Trinajstić information content (AvgIpc) is 3.21. The first-order valence-corrected chi connectivity index (χ1v) is 9.73. The molecule has 0 spiro atoms. The number of ether oxygens (including phenoxy) is 5. The van der Waals surface area contributed by atoms with Gasteiger partial charge < -0.3 is 29.1 Å². The third-order valence-electron chi connectivity index (χ3n) is 6.04. The Morgan fingerprint density at radius 1 is 1.00 bits per heavy atom. The van der Waals surface area contributed by atoms with Crippen molar-refractivity contribution in [1.29, 1.82) is 5.41 Å². The maximum atomic E-state index is 12.8. The Bertz CT molecular complexity index is 1010. The summed E-state index contributed by atoms with van der Waals surface area (Å²) in [7, 11) is 4.68. The van der Waals surface area contributed by atoms with Gasteiger partial charge in [0.2, 0.25) is 12.5 Å². The van der Waals surface area contributed by atoms with E-state index in [2.05, 4.69) is 0 Å². The molecule has 7 heteroatoms. The highest BCUT2D eigenvalue weighted by Gasteiger charge is 2.43. The molecular weight excluding hydrogens is 386 g/mol. The smallest absolute Gasteiger partial charge is 0.231 e. The quantitative estimate of drug-likeness (QED) is 0.805. The van der Waals surface area contributed by atoms with Gasteiger partial charge in [0.05, 0.1) is 21.3 Å². The zero-order chi connectivity index (χ0) is 21.6. The summed E-state index contributed by atoms with van der Waals surface area (Å²) in [5.41, 5.74) is 2.90. The highest BCUT2D eigenvalue weighted by molar-refractivity contribution is 6.06. The van der Waals surface area contributed by atoms with Gasteiger partial charge in [-0.05, 0) is 42.3 Å². The highest BCUT2D eigenvalue weighted by Crippen LogP contribution is 2.50. The number of benzene rings is 2. The Labute approximate surface area is 175 Å². The molecule has 0 bridgehead atoms. The first-order valence-electron chi connectivity index (χ1n) is 9.73. The summed E-state index contributed by atoms with van der Waals surface area (Å²) < 4.78 is 27.6. The fourth-order valence-corrected chi connectivity index (χ4v) is 4.61. The lowest BCUT2D eigenvalue weighted by atomic mass is 9.64. The number of Topliss-reactive ketones (excluding diaryl/α,β-unsaturated/α-hetero) is 1. The van der Waals surface area contributed by atoms with E-state index in [0.717, 1.165) is 16.7 Å². The zero-order valence-corrected chi connectivity index (χ0v) is 17.7. The van der Waals surface area contributed by atoms with Crippen LogP contribution in [0.25, 0.3) is 0 Å². The molecule has 2 aromatic rings. The number of carbonyl (C=O) groups excluding carboxylic acids is 1. The van der Waals surface area contributed by atoms with Gasteiger partial charge in [-0.25, -0.2) is 0 Å². The molecular formula is C23H25NO6. The maximum absolute atomic E-state index is 12.8. The molecule has 3 atom stereocenters. The van der Waals surface area contributed by atoms with E-state index in [1.165, 1.54) is 0 Å². The molecule has 1 aliphatic heterocycles. The van der Waals surface area contributed by atoms with E-state index in [-0.39, 0.29) is 24.4 Å². The van der Waals surface area contributed by atoms with Crippen LogP contribution in [0.1, 0.15) is 36.5 Å². The van der Waals surface area contributed by atoms with Gasteiger partial charge in [0.15, 0.2) is 23.0 Å². The molecule has 4 rings (SSSR count). The molecule has 1 heterocycles. The fourth-order valence-electron chi connectivity index (χ4n) is 4.61. The van der Waals surface area contributed by atoms with E-state index in [0.29, 0.717) is 34.5 Å². The Balaban J connectivity index is 1.98. The fraction of sp³-hybridized carbons (Fsp3) is 0.391. The number of rotatable bonds is 5. The first kappa shape index (κ1) is 20.1. The van der Waals surface area contributed by atoms with Crippen LogP contribution < -0.4 is 23.7 Å². The van der Waals surface area contributed by atoms with Crippen LogP contribution in [-0.2, 0) is 4.79 Å². The Morgan fingerprint density at radius 3 is 2.13 bits per heavy atom. The van der Waals surface area contributed by atoms with Crippen molar-refractivity contribution < 1.29 is 28.5 Å². The van der Waals surface area contributed by atoms with Crippen LogP contribution in [0.3, 0.4) is 0 Å². The SMILES string of the molecule is COc1cc([C@@H]2c3cc4c(cc3C(=N)[C@@H](C)[C@@H]2C(C)=O)OCO4)cc(OC)c1OC. The summed E-state index contributed by atoms with van der Waals surface area (Å²) in [6.07, 6.45) is 0. The van der Waals surface area contributed by atoms with Gasteiger partial charge in [-0.2, -0.15) is 0 Å². The summed E-state index contributed by atoms with van der Waals surface area (Å²) in [5, 5.41) is 8.72. The molecule has 30 heavy (non-hydrogen) atoms. The van der Waals surface area contributed by atoms with E-state index >= 15 is 0 Å². The summed E-state index contributed by atoms with van der Waals surface area (Å²) in [4.78, 5) is 12.8. The summed E-state index contributed by atoms with van der Waals surface area (Å²) in [6, 6.07) is 7.48. The molecule has 2 aromatic carbocycles. The minimum absolute atomic E-state index is 0.0225. The van der Waals surface area contributed by atoms with Crippen LogP contribution in [0, 0.1) is 17.2 Å². The van der Waals surface area contributed by atoms with E-state index in [9.17, 15) is 4.79 Å². The van der Waals surface area contributed by atoms with Crippen molar-refractivity contribution in [2.45, 2.75) is 19.8 Å². The van der Waals surface area contributed by atoms with Gasteiger partial charge in [0.1, 0.15) is 5.78 Å². The van der Waals surface area contributed by atoms with Gasteiger partial charge in [0, 0.05) is 29.0 Å². The Kier molecular flexibility index (Phi) is 5.05. The Hall–Kier alpha value is -3.22. The van der Waals surface area contributed by atoms with Crippen LogP contribution in [0.15, 0.2) is 24.3 Å². The molecule has 7 nitrogen and oxygen atoms in total. The van der Waals surface area contributed by atoms with Gasteiger partial charge in [-0.3, -0.25) is 4.79 Å². The molecule has 1 aliphatic carbocycles. The standard InChI is InChI=1S/C23H25NO6/c1-11-20(12(2)25)21(13-6-18(26-3)23(28-5)19(7-13)27-4)14-8-16-17(30-10-29-16)9-15(14)22(11)24/h6-9,11,20-21,24H,10H2,1-5H3/t11-,20+,21+/m0/s1. The van der Waals surface area contributed by atoms with Gasteiger partial charge in [-0.1, -0.05) is 6.92 Å².